The lowest BCUT2D eigenvalue weighted by Gasteiger charge is -2.35. The molecule has 0 N–H and O–H groups in total. The van der Waals surface area contributed by atoms with E-state index in [9.17, 15) is 0 Å². The van der Waals surface area contributed by atoms with Gasteiger partial charge in [0.2, 0.25) is 5.75 Å². The van der Waals surface area contributed by atoms with Crippen molar-refractivity contribution >= 4 is 21.4 Å². The minimum atomic E-state index is 0.656. The summed E-state index contributed by atoms with van der Waals surface area (Å²) in [4.78, 5) is 4.95. The fraction of sp³-hybridized carbons (Fsp3) is 0.462. The summed E-state index contributed by atoms with van der Waals surface area (Å²) in [5, 5.41) is 3.48. The van der Waals surface area contributed by atoms with Crippen molar-refractivity contribution in [1.29, 1.82) is 0 Å². The van der Waals surface area contributed by atoms with Crippen LogP contribution in [0, 0.1) is 0 Å². The van der Waals surface area contributed by atoms with Gasteiger partial charge in [-0.2, -0.15) is 0 Å². The molecule has 6 nitrogen and oxygen atoms in total. The first-order chi connectivity index (χ1) is 16.2. The highest BCUT2D eigenvalue weighted by Gasteiger charge is 2.21. The monoisotopic (exact) mass is 470 g/mol. The number of piperazine rings is 1. The van der Waals surface area contributed by atoms with Gasteiger partial charge in [-0.05, 0) is 40.9 Å². The van der Waals surface area contributed by atoms with E-state index in [1.165, 1.54) is 15.6 Å². The molecule has 0 spiro atoms. The Morgan fingerprint density at radius 3 is 2.36 bits per heavy atom. The molecule has 2 heterocycles. The van der Waals surface area contributed by atoms with Gasteiger partial charge in [0.25, 0.3) is 0 Å². The van der Waals surface area contributed by atoms with E-state index in [1.807, 2.05) is 6.07 Å². The Morgan fingerprint density at radius 1 is 0.818 bits per heavy atom. The Balaban J connectivity index is 1.17. The van der Waals surface area contributed by atoms with E-state index < -0.39 is 0 Å². The highest BCUT2D eigenvalue weighted by molar-refractivity contribution is 7.17. The van der Waals surface area contributed by atoms with Crippen molar-refractivity contribution in [2.75, 3.05) is 67.3 Å². The van der Waals surface area contributed by atoms with Gasteiger partial charge in [-0.1, -0.05) is 18.2 Å². The van der Waals surface area contributed by atoms with E-state index >= 15 is 0 Å². The van der Waals surface area contributed by atoms with Crippen LogP contribution in [0.2, 0.25) is 0 Å². The number of rotatable bonds is 11. The number of fused-ring (bicyclic) bond motifs is 1. The van der Waals surface area contributed by atoms with Crippen molar-refractivity contribution in [3.63, 3.8) is 0 Å². The lowest BCUT2D eigenvalue weighted by atomic mass is 10.1. The van der Waals surface area contributed by atoms with Gasteiger partial charge in [-0.15, -0.1) is 11.3 Å². The van der Waals surface area contributed by atoms with Crippen LogP contribution in [0.15, 0.2) is 41.8 Å². The van der Waals surface area contributed by atoms with E-state index in [0.29, 0.717) is 11.5 Å². The van der Waals surface area contributed by atoms with Crippen molar-refractivity contribution in [3.8, 4) is 17.2 Å². The number of thiophene rings is 1. The van der Waals surface area contributed by atoms with E-state index in [2.05, 4.69) is 45.5 Å². The molecular weight excluding hydrogens is 436 g/mol. The van der Waals surface area contributed by atoms with E-state index in [-0.39, 0.29) is 0 Å². The highest BCUT2D eigenvalue weighted by Crippen LogP contribution is 2.40. The van der Waals surface area contributed by atoms with Gasteiger partial charge >= 0.3 is 0 Å². The minimum absolute atomic E-state index is 0.656. The first-order valence-electron chi connectivity index (χ1n) is 11.5. The van der Waals surface area contributed by atoms with Crippen LogP contribution in [0.4, 0.5) is 0 Å². The molecule has 7 heteroatoms. The van der Waals surface area contributed by atoms with E-state index in [0.717, 1.165) is 70.2 Å². The molecule has 4 rings (SSSR count). The maximum Gasteiger partial charge on any atom is 0.203 e. The zero-order valence-corrected chi connectivity index (χ0v) is 20.7. The van der Waals surface area contributed by atoms with Crippen molar-refractivity contribution < 1.29 is 18.9 Å². The third-order valence-corrected chi connectivity index (χ3v) is 7.15. The van der Waals surface area contributed by atoms with Crippen LogP contribution in [0.5, 0.6) is 17.2 Å². The Bertz CT molecular complexity index is 1030. The average Bonchev–Trinajstić information content (AvgIpc) is 3.32. The summed E-state index contributed by atoms with van der Waals surface area (Å²) in [5.74, 6) is 2.10. The van der Waals surface area contributed by atoms with Crippen molar-refractivity contribution in [3.05, 3.63) is 52.9 Å². The Labute approximate surface area is 200 Å². The van der Waals surface area contributed by atoms with Crippen molar-refractivity contribution in [2.45, 2.75) is 13.0 Å². The van der Waals surface area contributed by atoms with Crippen molar-refractivity contribution in [2.24, 2.45) is 0 Å². The molecule has 178 valence electrons. The molecule has 0 amide bonds. The Kier molecular flexibility index (Phi) is 8.45. The second kappa shape index (κ2) is 11.7. The van der Waals surface area contributed by atoms with Gasteiger partial charge in [0.15, 0.2) is 11.5 Å². The highest BCUT2D eigenvalue weighted by atomic mass is 32.1. The summed E-state index contributed by atoms with van der Waals surface area (Å²) < 4.78 is 23.8. The van der Waals surface area contributed by atoms with Crippen LogP contribution < -0.4 is 14.2 Å². The van der Waals surface area contributed by atoms with Crippen LogP contribution in [0.3, 0.4) is 0 Å². The molecule has 0 unspecified atom stereocenters. The van der Waals surface area contributed by atoms with Gasteiger partial charge in [0, 0.05) is 49.5 Å². The van der Waals surface area contributed by atoms with Gasteiger partial charge < -0.3 is 18.9 Å². The Hall–Kier alpha value is -2.32. The lowest BCUT2D eigenvalue weighted by molar-refractivity contribution is 0.0744. The first kappa shape index (κ1) is 23.8. The van der Waals surface area contributed by atoms with Crippen molar-refractivity contribution in [1.82, 2.24) is 9.80 Å². The third kappa shape index (κ3) is 5.98. The summed E-state index contributed by atoms with van der Waals surface area (Å²) in [6.45, 7) is 7.52. The van der Waals surface area contributed by atoms with Gasteiger partial charge in [-0.3, -0.25) is 9.80 Å². The summed E-state index contributed by atoms with van der Waals surface area (Å²) in [6, 6.07) is 12.9. The summed E-state index contributed by atoms with van der Waals surface area (Å²) in [6.07, 6.45) is 0.965. The minimum Gasteiger partial charge on any atom is -0.493 e. The zero-order chi connectivity index (χ0) is 23.0. The summed E-state index contributed by atoms with van der Waals surface area (Å²) in [5.41, 5.74) is 2.47. The molecule has 0 atom stereocenters. The largest absolute Gasteiger partial charge is 0.493 e. The molecule has 0 radical (unpaired) electrons. The van der Waals surface area contributed by atoms with Crippen LogP contribution in [0.1, 0.15) is 11.1 Å². The molecule has 1 aromatic heterocycles. The second-order valence-corrected chi connectivity index (χ2v) is 9.21. The predicted molar refractivity (Wildman–Crippen MR) is 134 cm³/mol. The number of benzene rings is 2. The second-order valence-electron chi connectivity index (χ2n) is 8.27. The normalized spacial score (nSPS) is 15.1. The standard InChI is InChI=1S/C26H34N2O4S/c1-29-23-6-5-22(25(30-2)26(23)31-3)19-28-12-10-27(11-13-28)14-16-32-15-8-20-4-7-24-21(18-20)9-17-33-24/h4-7,9,17-18H,8,10-16,19H2,1-3H3. The number of ether oxygens (including phenoxy) is 4. The average molecular weight is 471 g/mol. The van der Waals surface area contributed by atoms with Gasteiger partial charge in [0.05, 0.1) is 34.5 Å². The summed E-state index contributed by atoms with van der Waals surface area (Å²) >= 11 is 1.79. The molecule has 0 aliphatic carbocycles. The topological polar surface area (TPSA) is 43.4 Å². The SMILES string of the molecule is COc1ccc(CN2CCN(CCOCCc3ccc4sccc4c3)CC2)c(OC)c1OC. The third-order valence-electron chi connectivity index (χ3n) is 6.25. The van der Waals surface area contributed by atoms with Gasteiger partial charge in [0.1, 0.15) is 0 Å². The molecule has 1 aliphatic rings. The maximum atomic E-state index is 5.94. The number of hydrogen-bond acceptors (Lipinski definition) is 7. The number of methoxy groups -OCH3 is 3. The van der Waals surface area contributed by atoms with E-state index in [1.54, 1.807) is 32.7 Å². The molecular formula is C26H34N2O4S. The molecule has 2 aromatic carbocycles. The number of nitrogens with zero attached hydrogens (tertiary/aromatic N) is 2. The molecule has 0 bridgehead atoms. The predicted octanol–water partition coefficient (Wildman–Crippen LogP) is 4.30. The maximum absolute atomic E-state index is 5.94. The molecule has 1 saturated heterocycles. The molecule has 1 fully saturated rings. The van der Waals surface area contributed by atoms with Crippen LogP contribution in [0.25, 0.3) is 10.1 Å². The van der Waals surface area contributed by atoms with E-state index in [4.69, 9.17) is 18.9 Å². The fourth-order valence-electron chi connectivity index (χ4n) is 4.36. The fourth-order valence-corrected chi connectivity index (χ4v) is 5.13. The quantitative estimate of drug-likeness (QED) is 0.389. The summed E-state index contributed by atoms with van der Waals surface area (Å²) in [7, 11) is 4.97. The Morgan fingerprint density at radius 2 is 1.61 bits per heavy atom. The van der Waals surface area contributed by atoms with Crippen LogP contribution >= 0.6 is 11.3 Å². The van der Waals surface area contributed by atoms with Crippen LogP contribution in [-0.2, 0) is 17.7 Å². The smallest absolute Gasteiger partial charge is 0.203 e. The molecule has 3 aromatic rings. The lowest BCUT2D eigenvalue weighted by Crippen LogP contribution is -2.46. The molecule has 1 aliphatic heterocycles. The molecule has 33 heavy (non-hydrogen) atoms. The van der Waals surface area contributed by atoms with Crippen LogP contribution in [-0.4, -0.2) is 77.1 Å². The molecule has 0 saturated carbocycles. The zero-order valence-electron chi connectivity index (χ0n) is 19.8. The number of hydrogen-bond donors (Lipinski definition) is 0. The first-order valence-corrected chi connectivity index (χ1v) is 12.4. The van der Waals surface area contributed by atoms with Gasteiger partial charge in [-0.25, -0.2) is 0 Å².